The van der Waals surface area contributed by atoms with E-state index in [0.29, 0.717) is 25.1 Å². The molecule has 4 heteroatoms. The van der Waals surface area contributed by atoms with Crippen LogP contribution in [0.2, 0.25) is 0 Å². The number of carbonyl (C=O) groups excluding carboxylic acids is 2. The summed E-state index contributed by atoms with van der Waals surface area (Å²) < 4.78 is 5.81. The van der Waals surface area contributed by atoms with Gasteiger partial charge in [-0.2, -0.15) is 0 Å². The summed E-state index contributed by atoms with van der Waals surface area (Å²) in [4.78, 5) is 25.4. The van der Waals surface area contributed by atoms with E-state index in [1.807, 2.05) is 53.4 Å². The van der Waals surface area contributed by atoms with E-state index in [9.17, 15) is 9.59 Å². The van der Waals surface area contributed by atoms with Crippen molar-refractivity contribution in [1.29, 1.82) is 0 Å². The molecule has 1 saturated heterocycles. The minimum Gasteiger partial charge on any atom is -0.351 e. The number of ether oxygens (including phenoxy) is 1. The molecule has 0 amide bonds. The SMILES string of the molecule is O=CC1OC(Cc2ccccc2)CN1CCC(=O)c1ccccc1. The van der Waals surface area contributed by atoms with Gasteiger partial charge in [0.15, 0.2) is 18.3 Å². The van der Waals surface area contributed by atoms with Crippen molar-refractivity contribution in [2.75, 3.05) is 13.1 Å². The zero-order valence-corrected chi connectivity index (χ0v) is 13.5. The first-order chi connectivity index (χ1) is 11.8. The second-order valence-electron chi connectivity index (χ2n) is 6.01. The van der Waals surface area contributed by atoms with Crippen molar-refractivity contribution in [1.82, 2.24) is 4.90 Å². The van der Waals surface area contributed by atoms with E-state index in [4.69, 9.17) is 4.74 Å². The Morgan fingerprint density at radius 3 is 2.42 bits per heavy atom. The Morgan fingerprint density at radius 1 is 1.08 bits per heavy atom. The summed E-state index contributed by atoms with van der Waals surface area (Å²) in [5.74, 6) is 0.0896. The first-order valence-electron chi connectivity index (χ1n) is 8.23. The molecule has 2 aromatic rings. The van der Waals surface area contributed by atoms with Crippen LogP contribution in [0.3, 0.4) is 0 Å². The van der Waals surface area contributed by atoms with Crippen LogP contribution in [0.1, 0.15) is 22.3 Å². The average Bonchev–Trinajstić information content (AvgIpc) is 3.03. The van der Waals surface area contributed by atoms with Gasteiger partial charge in [-0.1, -0.05) is 60.7 Å². The van der Waals surface area contributed by atoms with Crippen LogP contribution in [0.5, 0.6) is 0 Å². The maximum Gasteiger partial charge on any atom is 0.167 e. The lowest BCUT2D eigenvalue weighted by Crippen LogP contribution is -2.33. The van der Waals surface area contributed by atoms with Crippen LogP contribution in [-0.4, -0.2) is 42.4 Å². The van der Waals surface area contributed by atoms with Gasteiger partial charge in [0.1, 0.15) is 0 Å². The van der Waals surface area contributed by atoms with Gasteiger partial charge in [0.05, 0.1) is 6.10 Å². The molecule has 2 unspecified atom stereocenters. The summed E-state index contributed by atoms with van der Waals surface area (Å²) in [6.07, 6.45) is 1.40. The van der Waals surface area contributed by atoms with Crippen molar-refractivity contribution >= 4 is 12.1 Å². The third-order valence-electron chi connectivity index (χ3n) is 4.27. The summed E-state index contributed by atoms with van der Waals surface area (Å²) in [5, 5.41) is 0. The topological polar surface area (TPSA) is 46.6 Å². The molecule has 0 radical (unpaired) electrons. The molecule has 0 aliphatic carbocycles. The summed E-state index contributed by atoms with van der Waals surface area (Å²) in [7, 11) is 0. The fraction of sp³-hybridized carbons (Fsp3) is 0.300. The molecule has 1 heterocycles. The number of aldehydes is 1. The third-order valence-corrected chi connectivity index (χ3v) is 4.27. The van der Waals surface area contributed by atoms with Crippen molar-refractivity contribution in [2.24, 2.45) is 0 Å². The Kier molecular flexibility index (Phi) is 5.51. The molecule has 2 aromatic carbocycles. The van der Waals surface area contributed by atoms with E-state index < -0.39 is 6.23 Å². The molecule has 124 valence electrons. The molecule has 1 fully saturated rings. The smallest absolute Gasteiger partial charge is 0.167 e. The maximum atomic E-state index is 12.2. The highest BCUT2D eigenvalue weighted by Gasteiger charge is 2.32. The van der Waals surface area contributed by atoms with Crippen LogP contribution < -0.4 is 0 Å². The van der Waals surface area contributed by atoms with Crippen molar-refractivity contribution in [3.05, 3.63) is 71.8 Å². The fourth-order valence-corrected chi connectivity index (χ4v) is 3.03. The monoisotopic (exact) mass is 323 g/mol. The van der Waals surface area contributed by atoms with Crippen molar-refractivity contribution < 1.29 is 14.3 Å². The average molecular weight is 323 g/mol. The first kappa shape index (κ1) is 16.6. The summed E-state index contributed by atoms with van der Waals surface area (Å²) in [6, 6.07) is 19.3. The molecule has 0 saturated carbocycles. The third kappa shape index (κ3) is 4.16. The van der Waals surface area contributed by atoms with E-state index in [1.54, 1.807) is 0 Å². The number of ketones is 1. The Labute approximate surface area is 142 Å². The zero-order valence-electron chi connectivity index (χ0n) is 13.5. The molecule has 4 nitrogen and oxygen atoms in total. The van der Waals surface area contributed by atoms with E-state index >= 15 is 0 Å². The summed E-state index contributed by atoms with van der Waals surface area (Å²) >= 11 is 0. The van der Waals surface area contributed by atoms with E-state index in [2.05, 4.69) is 12.1 Å². The normalized spacial score (nSPS) is 20.8. The van der Waals surface area contributed by atoms with Crippen LogP contribution in [0.25, 0.3) is 0 Å². The van der Waals surface area contributed by atoms with Gasteiger partial charge in [0.2, 0.25) is 0 Å². The lowest BCUT2D eigenvalue weighted by molar-refractivity contribution is -0.123. The Hall–Kier alpha value is -2.30. The van der Waals surface area contributed by atoms with Gasteiger partial charge in [0, 0.05) is 25.1 Å². The number of nitrogens with zero attached hydrogens (tertiary/aromatic N) is 1. The summed E-state index contributed by atoms with van der Waals surface area (Å²) in [6.45, 7) is 1.20. The van der Waals surface area contributed by atoms with Crippen LogP contribution in [0.4, 0.5) is 0 Å². The van der Waals surface area contributed by atoms with Crippen LogP contribution >= 0.6 is 0 Å². The molecule has 0 aromatic heterocycles. The number of Topliss-reactive ketones (excluding diaryl/α,β-unsaturated/α-hetero) is 1. The van der Waals surface area contributed by atoms with Gasteiger partial charge in [-0.25, -0.2) is 0 Å². The largest absolute Gasteiger partial charge is 0.351 e. The van der Waals surface area contributed by atoms with Gasteiger partial charge < -0.3 is 4.74 Å². The highest BCUT2D eigenvalue weighted by Crippen LogP contribution is 2.19. The second kappa shape index (κ2) is 7.99. The predicted octanol–water partition coefficient (Wildman–Crippen LogP) is 2.73. The number of carbonyl (C=O) groups is 2. The highest BCUT2D eigenvalue weighted by molar-refractivity contribution is 5.96. The van der Waals surface area contributed by atoms with Crippen molar-refractivity contribution in [3.63, 3.8) is 0 Å². The number of hydrogen-bond donors (Lipinski definition) is 0. The van der Waals surface area contributed by atoms with Crippen LogP contribution in [0.15, 0.2) is 60.7 Å². The van der Waals surface area contributed by atoms with Gasteiger partial charge in [-0.15, -0.1) is 0 Å². The Balaban J connectivity index is 1.55. The lowest BCUT2D eigenvalue weighted by Gasteiger charge is -2.17. The first-order valence-corrected chi connectivity index (χ1v) is 8.23. The van der Waals surface area contributed by atoms with Crippen LogP contribution in [0, 0.1) is 0 Å². The summed E-state index contributed by atoms with van der Waals surface area (Å²) in [5.41, 5.74) is 1.90. The van der Waals surface area contributed by atoms with Crippen molar-refractivity contribution in [2.45, 2.75) is 25.2 Å². The molecule has 0 spiro atoms. The molecule has 2 atom stereocenters. The van der Waals surface area contributed by atoms with Crippen molar-refractivity contribution in [3.8, 4) is 0 Å². The number of hydrogen-bond acceptors (Lipinski definition) is 4. The predicted molar refractivity (Wildman–Crippen MR) is 91.8 cm³/mol. The molecule has 3 rings (SSSR count). The molecule has 0 bridgehead atoms. The Morgan fingerprint density at radius 2 is 1.75 bits per heavy atom. The molecule has 0 N–H and O–H groups in total. The highest BCUT2D eigenvalue weighted by atomic mass is 16.5. The quantitative estimate of drug-likeness (QED) is 0.581. The number of rotatable bonds is 7. The molecular formula is C20H21NO3. The van der Waals surface area contributed by atoms with Gasteiger partial charge >= 0.3 is 0 Å². The van der Waals surface area contributed by atoms with E-state index in [-0.39, 0.29) is 11.9 Å². The molecule has 1 aliphatic rings. The minimum absolute atomic E-state index is 0.0190. The van der Waals surface area contributed by atoms with E-state index in [1.165, 1.54) is 5.56 Å². The number of benzene rings is 2. The minimum atomic E-state index is -0.553. The van der Waals surface area contributed by atoms with Gasteiger partial charge in [-0.3, -0.25) is 14.5 Å². The fourth-order valence-electron chi connectivity index (χ4n) is 3.03. The van der Waals surface area contributed by atoms with Gasteiger partial charge in [0.25, 0.3) is 0 Å². The second-order valence-corrected chi connectivity index (χ2v) is 6.01. The standard InChI is InChI=1S/C20H21NO3/c22-15-20-21(12-11-19(23)17-9-5-2-6-10-17)14-18(24-20)13-16-7-3-1-4-8-16/h1-10,15,18,20H,11-14H2. The van der Waals surface area contributed by atoms with Gasteiger partial charge in [-0.05, 0) is 12.0 Å². The lowest BCUT2D eigenvalue weighted by atomic mass is 10.1. The van der Waals surface area contributed by atoms with Crippen LogP contribution in [-0.2, 0) is 16.0 Å². The zero-order chi connectivity index (χ0) is 16.8. The molecule has 24 heavy (non-hydrogen) atoms. The maximum absolute atomic E-state index is 12.2. The Bertz CT molecular complexity index is 672. The van der Waals surface area contributed by atoms with E-state index in [0.717, 1.165) is 12.7 Å². The molecular weight excluding hydrogens is 302 g/mol. The molecule has 1 aliphatic heterocycles.